The van der Waals surface area contributed by atoms with E-state index in [-0.39, 0.29) is 11.3 Å². The van der Waals surface area contributed by atoms with Gasteiger partial charge in [0, 0.05) is 8.95 Å². The van der Waals surface area contributed by atoms with Gasteiger partial charge in [0.05, 0.1) is 11.7 Å². The summed E-state index contributed by atoms with van der Waals surface area (Å²) in [6.07, 6.45) is 0. The van der Waals surface area contributed by atoms with Crippen molar-refractivity contribution in [2.75, 3.05) is 5.32 Å². The van der Waals surface area contributed by atoms with Crippen LogP contribution in [-0.2, 0) is 4.79 Å². The van der Waals surface area contributed by atoms with Crippen LogP contribution in [0.5, 0.6) is 0 Å². The third-order valence-corrected chi connectivity index (χ3v) is 3.59. The highest BCUT2D eigenvalue weighted by Gasteiger charge is 2.27. The quantitative estimate of drug-likeness (QED) is 0.844. The molecule has 0 aromatic heterocycles. The van der Waals surface area contributed by atoms with E-state index in [2.05, 4.69) is 37.2 Å². The van der Waals surface area contributed by atoms with Gasteiger partial charge in [0.15, 0.2) is 0 Å². The summed E-state index contributed by atoms with van der Waals surface area (Å²) in [6, 6.07) is 5.04. The number of rotatable bonds is 2. The molecule has 0 fully saturated rings. The Morgan fingerprint density at radius 2 is 1.94 bits per heavy atom. The number of hydrogen-bond donors (Lipinski definition) is 2. The minimum absolute atomic E-state index is 0.184. The summed E-state index contributed by atoms with van der Waals surface area (Å²) >= 11 is 6.74. The van der Waals surface area contributed by atoms with Gasteiger partial charge in [-0.25, -0.2) is 0 Å². The third-order valence-electron chi connectivity index (χ3n) is 2.40. The van der Waals surface area contributed by atoms with E-state index in [0.29, 0.717) is 5.69 Å². The van der Waals surface area contributed by atoms with Crippen LogP contribution in [0.15, 0.2) is 27.1 Å². The number of nitrogens with one attached hydrogen (secondary N) is 1. The number of halogens is 2. The van der Waals surface area contributed by atoms with E-state index in [1.54, 1.807) is 0 Å². The Balaban J connectivity index is 2.85. The van der Waals surface area contributed by atoms with Crippen molar-refractivity contribution >= 4 is 43.5 Å². The van der Waals surface area contributed by atoms with Gasteiger partial charge in [0.2, 0.25) is 5.91 Å². The van der Waals surface area contributed by atoms with Crippen molar-refractivity contribution in [1.82, 2.24) is 0 Å². The van der Waals surface area contributed by atoms with Gasteiger partial charge in [0.1, 0.15) is 0 Å². The molecule has 0 radical (unpaired) electrons. The molecule has 0 aliphatic heterocycles. The minimum Gasteiger partial charge on any atom is -0.324 e. The molecule has 0 heterocycles. The van der Waals surface area contributed by atoms with Crippen LogP contribution in [0.3, 0.4) is 0 Å². The predicted molar refractivity (Wildman–Crippen MR) is 77.9 cm³/mol. The first-order chi connectivity index (χ1) is 7.71. The Morgan fingerprint density at radius 1 is 1.35 bits per heavy atom. The van der Waals surface area contributed by atoms with Gasteiger partial charge in [-0.1, -0.05) is 36.7 Å². The number of carbonyl (C=O) groups is 1. The van der Waals surface area contributed by atoms with Crippen LogP contribution in [0.4, 0.5) is 5.69 Å². The maximum absolute atomic E-state index is 12.0. The summed E-state index contributed by atoms with van der Waals surface area (Å²) in [5, 5.41) is 2.82. The van der Waals surface area contributed by atoms with Crippen LogP contribution in [-0.4, -0.2) is 11.9 Å². The van der Waals surface area contributed by atoms with Crippen molar-refractivity contribution in [3.63, 3.8) is 0 Å². The molecule has 0 saturated heterocycles. The van der Waals surface area contributed by atoms with Crippen LogP contribution in [0.1, 0.15) is 20.8 Å². The Labute approximate surface area is 118 Å². The molecule has 1 rings (SSSR count). The molecule has 0 unspecified atom stereocenters. The van der Waals surface area contributed by atoms with Gasteiger partial charge < -0.3 is 11.1 Å². The van der Waals surface area contributed by atoms with Crippen molar-refractivity contribution in [1.29, 1.82) is 0 Å². The lowest BCUT2D eigenvalue weighted by molar-refractivity contribution is -0.119. The highest BCUT2D eigenvalue weighted by atomic mass is 79.9. The van der Waals surface area contributed by atoms with Gasteiger partial charge in [0.25, 0.3) is 0 Å². The molecule has 0 aliphatic rings. The van der Waals surface area contributed by atoms with E-state index in [1.165, 1.54) is 0 Å². The normalized spacial score (nSPS) is 13.3. The number of carbonyl (C=O) groups excluding carboxylic acids is 1. The van der Waals surface area contributed by atoms with Crippen LogP contribution in [0, 0.1) is 5.41 Å². The van der Waals surface area contributed by atoms with E-state index in [1.807, 2.05) is 39.0 Å². The van der Waals surface area contributed by atoms with E-state index >= 15 is 0 Å². The molecule has 1 amide bonds. The number of nitrogens with two attached hydrogens (primary N) is 1. The van der Waals surface area contributed by atoms with Crippen LogP contribution in [0.25, 0.3) is 0 Å². The smallest absolute Gasteiger partial charge is 0.241 e. The molecule has 3 N–H and O–H groups in total. The molecule has 0 spiro atoms. The Bertz CT molecular complexity index is 427. The zero-order valence-corrected chi connectivity index (χ0v) is 13.2. The molecule has 1 aromatic rings. The number of hydrogen-bond acceptors (Lipinski definition) is 2. The maximum atomic E-state index is 12.0. The highest BCUT2D eigenvalue weighted by molar-refractivity contribution is 9.11. The van der Waals surface area contributed by atoms with Crippen LogP contribution in [0.2, 0.25) is 0 Å². The fraction of sp³-hybridized carbons (Fsp3) is 0.417. The second-order valence-electron chi connectivity index (χ2n) is 4.96. The summed E-state index contributed by atoms with van der Waals surface area (Å²) in [7, 11) is 0. The monoisotopic (exact) mass is 362 g/mol. The number of anilines is 1. The summed E-state index contributed by atoms with van der Waals surface area (Å²) < 4.78 is 1.73. The molecular formula is C12H16Br2N2O. The van der Waals surface area contributed by atoms with E-state index in [9.17, 15) is 4.79 Å². The number of benzene rings is 1. The lowest BCUT2D eigenvalue weighted by Crippen LogP contribution is -2.45. The van der Waals surface area contributed by atoms with Gasteiger partial charge in [-0.2, -0.15) is 0 Å². The highest BCUT2D eigenvalue weighted by Crippen LogP contribution is 2.27. The van der Waals surface area contributed by atoms with Crippen molar-refractivity contribution in [2.45, 2.75) is 26.8 Å². The standard InChI is InChI=1S/C12H16Br2N2O/c1-12(2,3)10(15)11(17)16-9-6-7(13)4-5-8(9)14/h4-6,10H,15H2,1-3H3,(H,16,17)/t10-/m0/s1. The number of amides is 1. The molecule has 0 bridgehead atoms. The fourth-order valence-corrected chi connectivity index (χ4v) is 1.90. The molecule has 17 heavy (non-hydrogen) atoms. The fourth-order valence-electron chi connectivity index (χ4n) is 1.20. The van der Waals surface area contributed by atoms with Gasteiger partial charge in [-0.05, 0) is 39.5 Å². The summed E-state index contributed by atoms with van der Waals surface area (Å²) in [4.78, 5) is 12.0. The lowest BCUT2D eigenvalue weighted by Gasteiger charge is -2.26. The van der Waals surface area contributed by atoms with E-state index < -0.39 is 6.04 Å². The first-order valence-corrected chi connectivity index (χ1v) is 6.82. The SMILES string of the molecule is CC(C)(C)[C@@H](N)C(=O)Nc1cc(Br)ccc1Br. The molecule has 94 valence electrons. The third kappa shape index (κ3) is 4.08. The Kier molecular flexibility index (Phi) is 4.75. The van der Waals surface area contributed by atoms with E-state index in [0.717, 1.165) is 8.95 Å². The van der Waals surface area contributed by atoms with Crippen molar-refractivity contribution < 1.29 is 4.79 Å². The molecule has 3 nitrogen and oxygen atoms in total. The Morgan fingerprint density at radius 3 is 2.47 bits per heavy atom. The molecule has 5 heteroatoms. The average molecular weight is 364 g/mol. The van der Waals surface area contributed by atoms with Crippen LogP contribution >= 0.6 is 31.9 Å². The molecule has 0 aliphatic carbocycles. The van der Waals surface area contributed by atoms with Crippen molar-refractivity contribution in [3.8, 4) is 0 Å². The van der Waals surface area contributed by atoms with Crippen molar-refractivity contribution in [3.05, 3.63) is 27.1 Å². The predicted octanol–water partition coefficient (Wildman–Crippen LogP) is 3.52. The molecule has 0 saturated carbocycles. The minimum atomic E-state index is -0.548. The average Bonchev–Trinajstić information content (AvgIpc) is 2.21. The van der Waals surface area contributed by atoms with Gasteiger partial charge in [-0.15, -0.1) is 0 Å². The summed E-state index contributed by atoms with van der Waals surface area (Å²) in [5.74, 6) is -0.184. The molecule has 1 atom stereocenters. The first-order valence-electron chi connectivity index (χ1n) is 5.23. The van der Waals surface area contributed by atoms with Crippen molar-refractivity contribution in [2.24, 2.45) is 11.1 Å². The molecular weight excluding hydrogens is 348 g/mol. The van der Waals surface area contributed by atoms with Gasteiger partial charge in [-0.3, -0.25) is 4.79 Å². The summed E-state index contributed by atoms with van der Waals surface area (Å²) in [6.45, 7) is 5.81. The van der Waals surface area contributed by atoms with Crippen LogP contribution < -0.4 is 11.1 Å². The Hall–Kier alpha value is -0.390. The lowest BCUT2D eigenvalue weighted by atomic mass is 9.87. The second-order valence-corrected chi connectivity index (χ2v) is 6.73. The van der Waals surface area contributed by atoms with Gasteiger partial charge >= 0.3 is 0 Å². The first kappa shape index (κ1) is 14.7. The maximum Gasteiger partial charge on any atom is 0.241 e. The topological polar surface area (TPSA) is 55.1 Å². The largest absolute Gasteiger partial charge is 0.324 e. The molecule has 1 aromatic carbocycles. The zero-order valence-electron chi connectivity index (χ0n) is 10.1. The zero-order chi connectivity index (χ0) is 13.2. The summed E-state index contributed by atoms with van der Waals surface area (Å²) in [5.41, 5.74) is 6.34. The second kappa shape index (κ2) is 5.50. The van der Waals surface area contributed by atoms with E-state index in [4.69, 9.17) is 5.73 Å².